The number of nitrogens with two attached hydrogens (primary N) is 1. The number of benzene rings is 1. The van der Waals surface area contributed by atoms with E-state index in [0.717, 1.165) is 6.07 Å². The molecule has 0 radical (unpaired) electrons. The topological polar surface area (TPSA) is 144 Å². The molecule has 2 rings (SSSR count). The molecule has 1 aliphatic rings. The molecule has 0 bridgehead atoms. The molecule has 1 aromatic rings. The fraction of sp³-hybridized carbons (Fsp3) is 0.300. The summed E-state index contributed by atoms with van der Waals surface area (Å²) in [6.07, 6.45) is -0.0757. The molecule has 4 N–H and O–H groups in total. The maximum atomic E-state index is 13.8. The Bertz CT molecular complexity index is 697. The number of nitro benzene ring substituents is 1. The van der Waals surface area contributed by atoms with Gasteiger partial charge in [-0.2, -0.15) is 0 Å². The predicted molar refractivity (Wildman–Crippen MR) is 69.2 cm³/mol. The minimum absolute atomic E-state index is 0.0757. The molecular formula is C10H11FN4O5S. The molecule has 1 heterocycles. The highest BCUT2D eigenvalue weighted by Crippen LogP contribution is 2.27. The summed E-state index contributed by atoms with van der Waals surface area (Å²) in [5.41, 5.74) is 4.17. The Morgan fingerprint density at radius 1 is 1.48 bits per heavy atom. The Hall–Kier alpha value is -2.27. The monoisotopic (exact) mass is 318 g/mol. The van der Waals surface area contributed by atoms with Crippen LogP contribution >= 0.6 is 0 Å². The number of hydrogen-bond acceptors (Lipinski definition) is 6. The summed E-state index contributed by atoms with van der Waals surface area (Å²) in [5.74, 6) is -1.66. The number of nitrogens with zero attached hydrogens (tertiary/aromatic N) is 1. The van der Waals surface area contributed by atoms with Crippen LogP contribution in [0.5, 0.6) is 0 Å². The molecule has 0 aromatic heterocycles. The number of anilines is 1. The van der Waals surface area contributed by atoms with E-state index in [2.05, 4.69) is 10.0 Å². The Balaban J connectivity index is 2.36. The molecule has 11 heteroatoms. The zero-order valence-electron chi connectivity index (χ0n) is 10.5. The smallest absolute Gasteiger partial charge is 0.274 e. The van der Waals surface area contributed by atoms with Gasteiger partial charge < -0.3 is 11.1 Å². The van der Waals surface area contributed by atoms with Crippen LogP contribution in [0.4, 0.5) is 15.8 Å². The number of rotatable bonds is 4. The number of halogens is 1. The summed E-state index contributed by atoms with van der Waals surface area (Å²) in [7, 11) is -4.34. The molecule has 1 fully saturated rings. The Kier molecular flexibility index (Phi) is 3.78. The second-order valence-corrected chi connectivity index (χ2v) is 6.08. The normalized spacial score (nSPS) is 18.5. The van der Waals surface area contributed by atoms with E-state index in [0.29, 0.717) is 6.07 Å². The maximum Gasteiger partial charge on any atom is 0.274 e. The minimum atomic E-state index is -4.34. The second-order valence-electron chi connectivity index (χ2n) is 4.43. The first-order chi connectivity index (χ1) is 9.70. The lowest BCUT2D eigenvalue weighted by Gasteiger charge is -2.13. The zero-order valence-corrected chi connectivity index (χ0v) is 11.3. The van der Waals surface area contributed by atoms with E-state index >= 15 is 0 Å². The molecule has 1 aromatic carbocycles. The third kappa shape index (κ3) is 3.08. The first kappa shape index (κ1) is 15.1. The molecule has 114 valence electrons. The van der Waals surface area contributed by atoms with Crippen molar-refractivity contribution in [2.24, 2.45) is 0 Å². The average Bonchev–Trinajstić information content (AvgIpc) is 2.72. The van der Waals surface area contributed by atoms with E-state index in [1.807, 2.05) is 0 Å². The van der Waals surface area contributed by atoms with Crippen molar-refractivity contribution in [3.8, 4) is 0 Å². The Labute approximate surface area is 118 Å². The van der Waals surface area contributed by atoms with Gasteiger partial charge in [0.1, 0.15) is 4.90 Å². The number of nitrogen functional groups attached to an aromatic ring is 1. The number of carbonyl (C=O) groups is 1. The number of amides is 1. The lowest BCUT2D eigenvalue weighted by molar-refractivity contribution is -0.385. The van der Waals surface area contributed by atoms with E-state index in [9.17, 15) is 27.7 Å². The van der Waals surface area contributed by atoms with Crippen molar-refractivity contribution in [2.45, 2.75) is 17.4 Å². The number of non-ortho nitro benzene ring substituents is 1. The van der Waals surface area contributed by atoms with Crippen molar-refractivity contribution in [3.63, 3.8) is 0 Å². The van der Waals surface area contributed by atoms with Crippen molar-refractivity contribution in [1.82, 2.24) is 10.0 Å². The molecule has 1 atom stereocenters. The molecule has 0 saturated carbocycles. The molecule has 21 heavy (non-hydrogen) atoms. The van der Waals surface area contributed by atoms with Gasteiger partial charge in [-0.15, -0.1) is 0 Å². The van der Waals surface area contributed by atoms with E-state index in [1.54, 1.807) is 0 Å². The van der Waals surface area contributed by atoms with Gasteiger partial charge in [-0.05, 0) is 0 Å². The van der Waals surface area contributed by atoms with Crippen molar-refractivity contribution in [3.05, 3.63) is 28.1 Å². The van der Waals surface area contributed by atoms with Crippen LogP contribution in [0.3, 0.4) is 0 Å². The van der Waals surface area contributed by atoms with Crippen molar-refractivity contribution in [2.75, 3.05) is 12.3 Å². The number of carbonyl (C=O) groups excluding carboxylic acids is 1. The fourth-order valence-electron chi connectivity index (χ4n) is 1.96. The van der Waals surface area contributed by atoms with Crippen LogP contribution in [0.2, 0.25) is 0 Å². The number of nitrogens with one attached hydrogen (secondary N) is 2. The van der Waals surface area contributed by atoms with Crippen LogP contribution in [0, 0.1) is 15.9 Å². The van der Waals surface area contributed by atoms with Gasteiger partial charge in [-0.3, -0.25) is 14.9 Å². The summed E-state index contributed by atoms with van der Waals surface area (Å²) in [6.45, 7) is 0.0760. The fourth-order valence-corrected chi connectivity index (χ4v) is 3.36. The first-order valence-corrected chi connectivity index (χ1v) is 7.21. The summed E-state index contributed by atoms with van der Waals surface area (Å²) < 4.78 is 40.1. The van der Waals surface area contributed by atoms with E-state index in [4.69, 9.17) is 5.73 Å². The summed E-state index contributed by atoms with van der Waals surface area (Å²) in [5, 5.41) is 13.0. The van der Waals surface area contributed by atoms with Crippen molar-refractivity contribution >= 4 is 27.3 Å². The quantitative estimate of drug-likeness (QED) is 0.387. The second kappa shape index (κ2) is 5.26. The highest BCUT2D eigenvalue weighted by Gasteiger charge is 2.31. The summed E-state index contributed by atoms with van der Waals surface area (Å²) in [4.78, 5) is 19.8. The third-order valence-electron chi connectivity index (χ3n) is 2.84. The lowest BCUT2D eigenvalue weighted by atomic mass is 10.3. The van der Waals surface area contributed by atoms with Crippen LogP contribution in [0.15, 0.2) is 17.0 Å². The van der Waals surface area contributed by atoms with Crippen LogP contribution in [0.1, 0.15) is 6.42 Å². The highest BCUT2D eigenvalue weighted by atomic mass is 32.2. The van der Waals surface area contributed by atoms with Gasteiger partial charge in [0.05, 0.1) is 16.7 Å². The third-order valence-corrected chi connectivity index (χ3v) is 4.45. The van der Waals surface area contributed by atoms with Crippen LogP contribution < -0.4 is 15.8 Å². The molecule has 0 aliphatic carbocycles. The van der Waals surface area contributed by atoms with Gasteiger partial charge in [0.15, 0.2) is 5.82 Å². The van der Waals surface area contributed by atoms with Crippen LogP contribution in [-0.4, -0.2) is 31.8 Å². The summed E-state index contributed by atoms with van der Waals surface area (Å²) >= 11 is 0. The molecule has 1 aliphatic heterocycles. The molecule has 1 unspecified atom stereocenters. The SMILES string of the molecule is Nc1cc([N+](=O)[O-])cc(F)c1S(=O)(=O)NC1CNC(=O)C1. The van der Waals surface area contributed by atoms with E-state index < -0.39 is 43.1 Å². The zero-order chi connectivity index (χ0) is 15.8. The first-order valence-electron chi connectivity index (χ1n) is 5.73. The highest BCUT2D eigenvalue weighted by molar-refractivity contribution is 7.89. The van der Waals surface area contributed by atoms with E-state index in [-0.39, 0.29) is 18.9 Å². The number of hydrogen-bond donors (Lipinski definition) is 3. The minimum Gasteiger partial charge on any atom is -0.397 e. The average molecular weight is 318 g/mol. The maximum absolute atomic E-state index is 13.8. The molecule has 0 spiro atoms. The van der Waals surface area contributed by atoms with Crippen LogP contribution in [-0.2, 0) is 14.8 Å². The van der Waals surface area contributed by atoms with Gasteiger partial charge in [0.2, 0.25) is 15.9 Å². The standard InChI is InChI=1S/C10H11FN4O5S/c11-7-2-6(15(17)18)3-8(12)10(7)21(19,20)14-5-1-9(16)13-4-5/h2-3,5,14H,1,4,12H2,(H,13,16). The van der Waals surface area contributed by atoms with Gasteiger partial charge in [0, 0.05) is 25.1 Å². The van der Waals surface area contributed by atoms with Crippen molar-refractivity contribution < 1.29 is 22.5 Å². The van der Waals surface area contributed by atoms with Gasteiger partial charge in [-0.1, -0.05) is 0 Å². The number of sulfonamides is 1. The van der Waals surface area contributed by atoms with Gasteiger partial charge >= 0.3 is 0 Å². The Morgan fingerprint density at radius 2 is 2.14 bits per heavy atom. The van der Waals surface area contributed by atoms with E-state index in [1.165, 1.54) is 0 Å². The molecular weight excluding hydrogens is 307 g/mol. The van der Waals surface area contributed by atoms with Crippen molar-refractivity contribution in [1.29, 1.82) is 0 Å². The molecule has 9 nitrogen and oxygen atoms in total. The molecule has 1 amide bonds. The summed E-state index contributed by atoms with van der Waals surface area (Å²) in [6, 6.07) is 0.509. The largest absolute Gasteiger partial charge is 0.397 e. The van der Waals surface area contributed by atoms with Gasteiger partial charge in [-0.25, -0.2) is 17.5 Å². The lowest BCUT2D eigenvalue weighted by Crippen LogP contribution is -2.37. The predicted octanol–water partition coefficient (Wildman–Crippen LogP) is -0.517. The van der Waals surface area contributed by atoms with Gasteiger partial charge in [0.25, 0.3) is 5.69 Å². The number of nitro groups is 1. The Morgan fingerprint density at radius 3 is 2.62 bits per heavy atom. The van der Waals surface area contributed by atoms with Crippen LogP contribution in [0.25, 0.3) is 0 Å². The molecule has 1 saturated heterocycles.